The first kappa shape index (κ1) is 15.0. The quantitative estimate of drug-likeness (QED) is 0.432. The highest BCUT2D eigenvalue weighted by Crippen LogP contribution is 2.31. The SMILES string of the molecule is Fc1cccc(-c2ccnn3cc(-c4ccc(Br)cc4F)cc23)c1. The number of rotatable bonds is 2. The first-order valence-corrected chi connectivity index (χ1v) is 8.10. The van der Waals surface area contributed by atoms with Gasteiger partial charge in [-0.05, 0) is 42.0 Å². The maximum absolute atomic E-state index is 14.2. The lowest BCUT2D eigenvalue weighted by molar-refractivity contribution is 0.628. The van der Waals surface area contributed by atoms with E-state index < -0.39 is 0 Å². The van der Waals surface area contributed by atoms with Crippen molar-refractivity contribution < 1.29 is 8.78 Å². The molecule has 0 N–H and O–H groups in total. The van der Waals surface area contributed by atoms with Crippen LogP contribution in [0, 0.1) is 11.6 Å². The molecule has 0 atom stereocenters. The minimum Gasteiger partial charge on any atom is -0.240 e. The first-order chi connectivity index (χ1) is 11.6. The normalized spacial score (nSPS) is 11.1. The minimum absolute atomic E-state index is 0.298. The second-order valence-electron chi connectivity index (χ2n) is 5.44. The van der Waals surface area contributed by atoms with Crippen LogP contribution in [0.3, 0.4) is 0 Å². The number of hydrogen-bond acceptors (Lipinski definition) is 1. The minimum atomic E-state index is -0.312. The summed E-state index contributed by atoms with van der Waals surface area (Å²) >= 11 is 3.26. The number of fused-ring (bicyclic) bond motifs is 1. The summed E-state index contributed by atoms with van der Waals surface area (Å²) in [4.78, 5) is 0. The smallest absolute Gasteiger partial charge is 0.132 e. The Morgan fingerprint density at radius 3 is 2.54 bits per heavy atom. The Morgan fingerprint density at radius 2 is 1.75 bits per heavy atom. The van der Waals surface area contributed by atoms with Gasteiger partial charge < -0.3 is 0 Å². The van der Waals surface area contributed by atoms with Gasteiger partial charge in [0.1, 0.15) is 11.6 Å². The first-order valence-electron chi connectivity index (χ1n) is 7.30. The lowest BCUT2D eigenvalue weighted by atomic mass is 10.0. The zero-order chi connectivity index (χ0) is 16.7. The molecule has 5 heteroatoms. The Morgan fingerprint density at radius 1 is 0.875 bits per heavy atom. The molecule has 4 aromatic rings. The summed E-state index contributed by atoms with van der Waals surface area (Å²) in [5, 5.41) is 4.27. The molecule has 4 rings (SSSR count). The molecule has 0 spiro atoms. The summed E-state index contributed by atoms with van der Waals surface area (Å²) in [5.41, 5.74) is 3.60. The van der Waals surface area contributed by atoms with Crippen LogP contribution in [0.5, 0.6) is 0 Å². The van der Waals surface area contributed by atoms with Gasteiger partial charge in [0.25, 0.3) is 0 Å². The molecule has 2 heterocycles. The van der Waals surface area contributed by atoms with Crippen molar-refractivity contribution in [1.82, 2.24) is 9.61 Å². The molecule has 24 heavy (non-hydrogen) atoms. The fourth-order valence-corrected chi connectivity index (χ4v) is 3.12. The van der Waals surface area contributed by atoms with Crippen LogP contribution in [0.4, 0.5) is 8.78 Å². The monoisotopic (exact) mass is 384 g/mol. The molecule has 0 aliphatic rings. The lowest BCUT2D eigenvalue weighted by Crippen LogP contribution is -1.91. The van der Waals surface area contributed by atoms with Gasteiger partial charge in [0.15, 0.2) is 0 Å². The van der Waals surface area contributed by atoms with Gasteiger partial charge in [-0.3, -0.25) is 0 Å². The zero-order valence-corrected chi connectivity index (χ0v) is 14.0. The third kappa shape index (κ3) is 2.61. The summed E-state index contributed by atoms with van der Waals surface area (Å²) in [6.07, 6.45) is 3.42. The standard InChI is InChI=1S/C19H11BrF2N2/c20-14-4-5-16(18(22)10-14)13-9-19-17(6-7-23-24(19)11-13)12-2-1-3-15(21)8-12/h1-11H. The van der Waals surface area contributed by atoms with E-state index in [1.807, 2.05) is 18.2 Å². The second kappa shape index (κ2) is 5.83. The molecular formula is C19H11BrF2N2. The second-order valence-corrected chi connectivity index (χ2v) is 6.35. The van der Waals surface area contributed by atoms with E-state index in [0.717, 1.165) is 22.2 Å². The van der Waals surface area contributed by atoms with E-state index in [9.17, 15) is 8.78 Å². The lowest BCUT2D eigenvalue weighted by Gasteiger charge is -2.04. The molecule has 2 nitrogen and oxygen atoms in total. The molecular weight excluding hydrogens is 374 g/mol. The molecule has 0 fully saturated rings. The molecule has 0 bridgehead atoms. The third-order valence-electron chi connectivity index (χ3n) is 3.89. The van der Waals surface area contributed by atoms with E-state index >= 15 is 0 Å². The Hall–Kier alpha value is -2.53. The molecule has 0 aliphatic heterocycles. The highest BCUT2D eigenvalue weighted by Gasteiger charge is 2.12. The van der Waals surface area contributed by atoms with E-state index in [2.05, 4.69) is 21.0 Å². The number of aromatic nitrogens is 2. The predicted octanol–water partition coefficient (Wildman–Crippen LogP) is 5.71. The maximum atomic E-state index is 14.2. The Balaban J connectivity index is 1.91. The van der Waals surface area contributed by atoms with E-state index in [1.54, 1.807) is 35.1 Å². The number of nitrogens with zero attached hydrogens (tertiary/aromatic N) is 2. The molecule has 0 saturated heterocycles. The van der Waals surface area contributed by atoms with Crippen molar-refractivity contribution in [1.29, 1.82) is 0 Å². The zero-order valence-electron chi connectivity index (χ0n) is 12.4. The van der Waals surface area contributed by atoms with Gasteiger partial charge in [-0.15, -0.1) is 0 Å². The Bertz CT molecular complexity index is 1060. The summed E-state index contributed by atoms with van der Waals surface area (Å²) in [6.45, 7) is 0. The van der Waals surface area contributed by atoms with E-state index in [0.29, 0.717) is 10.0 Å². The van der Waals surface area contributed by atoms with Crippen molar-refractivity contribution in [2.24, 2.45) is 0 Å². The summed E-state index contributed by atoms with van der Waals surface area (Å²) in [7, 11) is 0. The Labute approximate surface area is 145 Å². The van der Waals surface area contributed by atoms with Gasteiger partial charge in [0.2, 0.25) is 0 Å². The fourth-order valence-electron chi connectivity index (χ4n) is 2.78. The summed E-state index contributed by atoms with van der Waals surface area (Å²) in [5.74, 6) is -0.610. The number of benzene rings is 2. The molecule has 0 aliphatic carbocycles. The van der Waals surface area contributed by atoms with Gasteiger partial charge in [0, 0.05) is 33.6 Å². The van der Waals surface area contributed by atoms with Crippen LogP contribution >= 0.6 is 15.9 Å². The van der Waals surface area contributed by atoms with E-state index in [4.69, 9.17) is 0 Å². The predicted molar refractivity (Wildman–Crippen MR) is 93.7 cm³/mol. The van der Waals surface area contributed by atoms with Crippen molar-refractivity contribution in [2.75, 3.05) is 0 Å². The maximum Gasteiger partial charge on any atom is 0.132 e. The fraction of sp³-hybridized carbons (Fsp3) is 0. The van der Waals surface area contributed by atoms with Gasteiger partial charge in [0.05, 0.1) is 5.52 Å². The van der Waals surface area contributed by atoms with Crippen LogP contribution in [0.15, 0.2) is 71.5 Å². The molecule has 2 aromatic heterocycles. The van der Waals surface area contributed by atoms with Crippen LogP contribution in [-0.4, -0.2) is 9.61 Å². The van der Waals surface area contributed by atoms with Crippen LogP contribution in [0.25, 0.3) is 27.8 Å². The summed E-state index contributed by atoms with van der Waals surface area (Å²) < 4.78 is 30.1. The van der Waals surface area contributed by atoms with Gasteiger partial charge in [-0.1, -0.05) is 34.1 Å². The molecule has 118 valence electrons. The van der Waals surface area contributed by atoms with Crippen LogP contribution in [0.1, 0.15) is 0 Å². The summed E-state index contributed by atoms with van der Waals surface area (Å²) in [6, 6.07) is 15.0. The molecule has 2 aromatic carbocycles. The largest absolute Gasteiger partial charge is 0.240 e. The van der Waals surface area contributed by atoms with E-state index in [-0.39, 0.29) is 11.6 Å². The van der Waals surface area contributed by atoms with Crippen molar-refractivity contribution in [3.8, 4) is 22.3 Å². The average Bonchev–Trinajstić information content (AvgIpc) is 2.98. The van der Waals surface area contributed by atoms with Gasteiger partial charge in [-0.25, -0.2) is 13.3 Å². The highest BCUT2D eigenvalue weighted by atomic mass is 79.9. The topological polar surface area (TPSA) is 17.3 Å². The van der Waals surface area contributed by atoms with Crippen molar-refractivity contribution in [2.45, 2.75) is 0 Å². The molecule has 0 saturated carbocycles. The van der Waals surface area contributed by atoms with Crippen molar-refractivity contribution in [3.63, 3.8) is 0 Å². The molecule has 0 unspecified atom stereocenters. The average molecular weight is 385 g/mol. The highest BCUT2D eigenvalue weighted by molar-refractivity contribution is 9.10. The number of hydrogen-bond donors (Lipinski definition) is 0. The Kier molecular flexibility index (Phi) is 3.65. The van der Waals surface area contributed by atoms with Crippen LogP contribution in [-0.2, 0) is 0 Å². The molecule has 0 radical (unpaired) electrons. The van der Waals surface area contributed by atoms with Crippen LogP contribution < -0.4 is 0 Å². The van der Waals surface area contributed by atoms with E-state index in [1.165, 1.54) is 18.2 Å². The van der Waals surface area contributed by atoms with Gasteiger partial charge in [-0.2, -0.15) is 5.10 Å². The molecule has 0 amide bonds. The third-order valence-corrected chi connectivity index (χ3v) is 4.38. The van der Waals surface area contributed by atoms with Crippen molar-refractivity contribution >= 4 is 21.4 Å². The van der Waals surface area contributed by atoms with Crippen molar-refractivity contribution in [3.05, 3.63) is 83.1 Å². The van der Waals surface area contributed by atoms with Crippen LogP contribution in [0.2, 0.25) is 0 Å². The van der Waals surface area contributed by atoms with Gasteiger partial charge >= 0.3 is 0 Å². The number of halogens is 3.